The zero-order chi connectivity index (χ0) is 13.2. The fourth-order valence-electron chi connectivity index (χ4n) is 2.30. The third-order valence-corrected chi connectivity index (χ3v) is 3.37. The van der Waals surface area contributed by atoms with E-state index in [1.54, 1.807) is 0 Å². The fourth-order valence-corrected chi connectivity index (χ4v) is 2.30. The third-order valence-electron chi connectivity index (χ3n) is 3.37. The molecule has 0 fully saturated rings. The van der Waals surface area contributed by atoms with Gasteiger partial charge in [-0.3, -0.25) is 0 Å². The van der Waals surface area contributed by atoms with Crippen molar-refractivity contribution < 1.29 is 14.6 Å². The van der Waals surface area contributed by atoms with Crippen molar-refractivity contribution in [2.75, 3.05) is 13.2 Å². The Labute approximate surface area is 112 Å². The molecule has 98 valence electrons. The van der Waals surface area contributed by atoms with E-state index in [2.05, 4.69) is 0 Å². The molecule has 1 aliphatic rings. The summed E-state index contributed by atoms with van der Waals surface area (Å²) in [5.41, 5.74) is 2.81. The van der Waals surface area contributed by atoms with E-state index in [0.29, 0.717) is 19.0 Å². The Morgan fingerprint density at radius 1 is 1.00 bits per heavy atom. The molecule has 1 aliphatic heterocycles. The molecule has 0 bridgehead atoms. The van der Waals surface area contributed by atoms with Gasteiger partial charge in [0, 0.05) is 0 Å². The van der Waals surface area contributed by atoms with Gasteiger partial charge in [0.15, 0.2) is 11.5 Å². The Kier molecular flexibility index (Phi) is 3.13. The highest BCUT2D eigenvalue weighted by Gasteiger charge is 2.17. The summed E-state index contributed by atoms with van der Waals surface area (Å²) in [6, 6.07) is 13.4. The van der Waals surface area contributed by atoms with Gasteiger partial charge in [-0.2, -0.15) is 0 Å². The van der Waals surface area contributed by atoms with Crippen LogP contribution >= 0.6 is 0 Å². The topological polar surface area (TPSA) is 38.7 Å². The minimum Gasteiger partial charge on any atom is -0.486 e. The Morgan fingerprint density at radius 2 is 1.74 bits per heavy atom. The average Bonchev–Trinajstić information content (AvgIpc) is 2.46. The molecule has 0 saturated carbocycles. The summed E-state index contributed by atoms with van der Waals surface area (Å²) in [7, 11) is 0. The molecule has 3 rings (SSSR count). The molecule has 1 atom stereocenters. The Morgan fingerprint density at radius 3 is 2.53 bits per heavy atom. The second kappa shape index (κ2) is 4.94. The Balaban J connectivity index is 1.96. The average molecular weight is 256 g/mol. The number of aryl methyl sites for hydroxylation is 1. The summed E-state index contributed by atoms with van der Waals surface area (Å²) in [5, 5.41) is 10.5. The van der Waals surface area contributed by atoms with Crippen LogP contribution in [0.15, 0.2) is 42.5 Å². The maximum absolute atomic E-state index is 10.5. The fraction of sp³-hybridized carbons (Fsp3) is 0.250. The van der Waals surface area contributed by atoms with Gasteiger partial charge in [-0.1, -0.05) is 30.3 Å². The molecule has 0 amide bonds. The van der Waals surface area contributed by atoms with Crippen molar-refractivity contribution in [1.29, 1.82) is 0 Å². The predicted molar refractivity (Wildman–Crippen MR) is 72.7 cm³/mol. The first-order valence-electron chi connectivity index (χ1n) is 6.39. The molecule has 0 radical (unpaired) electrons. The van der Waals surface area contributed by atoms with Crippen LogP contribution in [0.25, 0.3) is 0 Å². The maximum atomic E-state index is 10.5. The number of rotatable bonds is 2. The molecule has 3 heteroatoms. The van der Waals surface area contributed by atoms with Crippen LogP contribution in [-0.4, -0.2) is 18.3 Å². The van der Waals surface area contributed by atoms with Gasteiger partial charge < -0.3 is 14.6 Å². The first-order valence-corrected chi connectivity index (χ1v) is 6.39. The van der Waals surface area contributed by atoms with Crippen LogP contribution in [0.2, 0.25) is 0 Å². The highest BCUT2D eigenvalue weighted by atomic mass is 16.6. The lowest BCUT2D eigenvalue weighted by Crippen LogP contribution is -2.15. The van der Waals surface area contributed by atoms with E-state index in [0.717, 1.165) is 22.4 Å². The second-order valence-electron chi connectivity index (χ2n) is 4.66. The SMILES string of the molecule is Cc1ccccc1C(O)c1ccc2c(c1)OCCO2. The van der Waals surface area contributed by atoms with Gasteiger partial charge in [-0.15, -0.1) is 0 Å². The molecular formula is C16H16O3. The summed E-state index contributed by atoms with van der Waals surface area (Å²) in [6.45, 7) is 3.13. The van der Waals surface area contributed by atoms with Crippen LogP contribution < -0.4 is 9.47 Å². The number of aliphatic hydroxyl groups is 1. The van der Waals surface area contributed by atoms with E-state index in [1.807, 2.05) is 49.4 Å². The number of hydrogen-bond acceptors (Lipinski definition) is 3. The monoisotopic (exact) mass is 256 g/mol. The molecule has 0 aliphatic carbocycles. The maximum Gasteiger partial charge on any atom is 0.161 e. The second-order valence-corrected chi connectivity index (χ2v) is 4.66. The van der Waals surface area contributed by atoms with E-state index in [1.165, 1.54) is 0 Å². The lowest BCUT2D eigenvalue weighted by Gasteiger charge is -2.21. The zero-order valence-electron chi connectivity index (χ0n) is 10.8. The van der Waals surface area contributed by atoms with Crippen LogP contribution in [0.1, 0.15) is 22.8 Å². The van der Waals surface area contributed by atoms with Crippen LogP contribution in [0.3, 0.4) is 0 Å². The van der Waals surface area contributed by atoms with E-state index in [4.69, 9.17) is 9.47 Å². The summed E-state index contributed by atoms with van der Waals surface area (Å²) in [6.07, 6.45) is -0.642. The van der Waals surface area contributed by atoms with Crippen LogP contribution in [0.5, 0.6) is 11.5 Å². The van der Waals surface area contributed by atoms with Gasteiger partial charge in [-0.25, -0.2) is 0 Å². The normalized spacial score (nSPS) is 15.1. The van der Waals surface area contributed by atoms with Crippen molar-refractivity contribution in [3.8, 4) is 11.5 Å². The molecule has 1 N–H and O–H groups in total. The number of aliphatic hydroxyl groups excluding tert-OH is 1. The largest absolute Gasteiger partial charge is 0.486 e. The molecule has 2 aromatic carbocycles. The Bertz CT molecular complexity index is 592. The summed E-state index contributed by atoms with van der Waals surface area (Å²) in [4.78, 5) is 0. The molecular weight excluding hydrogens is 240 g/mol. The van der Waals surface area contributed by atoms with Crippen molar-refractivity contribution >= 4 is 0 Å². The minimum atomic E-state index is -0.642. The van der Waals surface area contributed by atoms with Crippen molar-refractivity contribution in [2.45, 2.75) is 13.0 Å². The van der Waals surface area contributed by atoms with Crippen molar-refractivity contribution in [1.82, 2.24) is 0 Å². The first-order chi connectivity index (χ1) is 9.25. The van der Waals surface area contributed by atoms with Crippen LogP contribution in [-0.2, 0) is 0 Å². The standard InChI is InChI=1S/C16H16O3/c1-11-4-2-3-5-13(11)16(17)12-6-7-14-15(10-12)19-9-8-18-14/h2-7,10,16-17H,8-9H2,1H3. The number of hydrogen-bond donors (Lipinski definition) is 1. The smallest absolute Gasteiger partial charge is 0.161 e. The molecule has 2 aromatic rings. The zero-order valence-corrected chi connectivity index (χ0v) is 10.8. The van der Waals surface area contributed by atoms with Crippen molar-refractivity contribution in [3.63, 3.8) is 0 Å². The highest BCUT2D eigenvalue weighted by Crippen LogP contribution is 2.34. The van der Waals surface area contributed by atoms with Gasteiger partial charge in [0.1, 0.15) is 19.3 Å². The number of fused-ring (bicyclic) bond motifs is 1. The lowest BCUT2D eigenvalue weighted by molar-refractivity contribution is 0.169. The predicted octanol–water partition coefficient (Wildman–Crippen LogP) is 2.85. The van der Waals surface area contributed by atoms with Gasteiger partial charge in [0.05, 0.1) is 0 Å². The summed E-state index contributed by atoms with van der Waals surface area (Å²) < 4.78 is 11.0. The molecule has 19 heavy (non-hydrogen) atoms. The van der Waals surface area contributed by atoms with Crippen molar-refractivity contribution in [2.24, 2.45) is 0 Å². The Hall–Kier alpha value is -2.00. The number of benzene rings is 2. The summed E-state index contributed by atoms with van der Waals surface area (Å²) >= 11 is 0. The molecule has 0 aromatic heterocycles. The van der Waals surface area contributed by atoms with E-state index < -0.39 is 6.10 Å². The van der Waals surface area contributed by atoms with Gasteiger partial charge in [-0.05, 0) is 35.7 Å². The van der Waals surface area contributed by atoms with E-state index in [9.17, 15) is 5.11 Å². The van der Waals surface area contributed by atoms with E-state index in [-0.39, 0.29) is 0 Å². The van der Waals surface area contributed by atoms with Gasteiger partial charge in [0.25, 0.3) is 0 Å². The van der Waals surface area contributed by atoms with Crippen LogP contribution in [0.4, 0.5) is 0 Å². The highest BCUT2D eigenvalue weighted by molar-refractivity contribution is 5.46. The van der Waals surface area contributed by atoms with Crippen molar-refractivity contribution in [3.05, 3.63) is 59.2 Å². The number of ether oxygens (including phenoxy) is 2. The minimum absolute atomic E-state index is 0.552. The molecule has 0 spiro atoms. The third kappa shape index (κ3) is 2.29. The molecule has 3 nitrogen and oxygen atoms in total. The van der Waals surface area contributed by atoms with Gasteiger partial charge in [0.2, 0.25) is 0 Å². The summed E-state index contributed by atoms with van der Waals surface area (Å²) in [5.74, 6) is 1.45. The molecule has 1 heterocycles. The quantitative estimate of drug-likeness (QED) is 0.898. The molecule has 0 saturated heterocycles. The van der Waals surface area contributed by atoms with Gasteiger partial charge >= 0.3 is 0 Å². The first kappa shape index (κ1) is 12.1. The lowest BCUT2D eigenvalue weighted by atomic mass is 9.97. The van der Waals surface area contributed by atoms with E-state index >= 15 is 0 Å². The van der Waals surface area contributed by atoms with Crippen LogP contribution in [0, 0.1) is 6.92 Å². The molecule has 1 unspecified atom stereocenters.